The van der Waals surface area contributed by atoms with E-state index >= 15 is 0 Å². The molecule has 0 spiro atoms. The van der Waals surface area contributed by atoms with Gasteiger partial charge in [0.05, 0.1) is 17.2 Å². The van der Waals surface area contributed by atoms with Crippen LogP contribution in [0.4, 0.5) is 4.39 Å². The minimum Gasteiger partial charge on any atom is -0.462 e. The lowest BCUT2D eigenvalue weighted by Gasteiger charge is -2.16. The van der Waals surface area contributed by atoms with Crippen molar-refractivity contribution in [1.29, 1.82) is 0 Å². The Morgan fingerprint density at radius 1 is 1.44 bits per heavy atom. The number of aromatic nitrogens is 1. The van der Waals surface area contributed by atoms with Gasteiger partial charge in [-0.1, -0.05) is 32.1 Å². The monoisotopic (exact) mass is 378 g/mol. The first-order valence-electron chi connectivity index (χ1n) is 9.13. The van der Waals surface area contributed by atoms with Crippen molar-refractivity contribution < 1.29 is 13.9 Å². The number of allylic oxidation sites excluding steroid dienone is 2. The number of carbonyl (C=O) groups is 1. The SMILES string of the molecule is C=CC(C/C=C/N)Cn1cc(C(=O)OCC)c(=O)c(=C(/C)F)/c1=C\C.CC. The lowest BCUT2D eigenvalue weighted by atomic mass is 10.1. The molecule has 1 heterocycles. The van der Waals surface area contributed by atoms with Gasteiger partial charge in [0.15, 0.2) is 0 Å². The summed E-state index contributed by atoms with van der Waals surface area (Å²) in [6, 6.07) is 0. The van der Waals surface area contributed by atoms with E-state index in [-0.39, 0.29) is 23.3 Å². The van der Waals surface area contributed by atoms with Crippen LogP contribution in [0.15, 0.2) is 35.9 Å². The minimum absolute atomic E-state index is 0.00353. The molecule has 0 aliphatic rings. The van der Waals surface area contributed by atoms with E-state index in [1.807, 2.05) is 13.8 Å². The minimum atomic E-state index is -0.761. The van der Waals surface area contributed by atoms with Gasteiger partial charge in [-0.15, -0.1) is 6.58 Å². The Balaban J connectivity index is 0.00000326. The Labute approximate surface area is 160 Å². The summed E-state index contributed by atoms with van der Waals surface area (Å²) in [6.45, 7) is 12.9. The zero-order valence-electron chi connectivity index (χ0n) is 16.9. The fourth-order valence-electron chi connectivity index (χ4n) is 2.58. The van der Waals surface area contributed by atoms with E-state index < -0.39 is 17.2 Å². The van der Waals surface area contributed by atoms with Crippen LogP contribution in [0.2, 0.25) is 0 Å². The van der Waals surface area contributed by atoms with Gasteiger partial charge >= 0.3 is 5.97 Å². The van der Waals surface area contributed by atoms with Crippen LogP contribution in [0.5, 0.6) is 0 Å². The van der Waals surface area contributed by atoms with Gasteiger partial charge in [0.2, 0.25) is 5.43 Å². The Morgan fingerprint density at radius 3 is 2.52 bits per heavy atom. The van der Waals surface area contributed by atoms with Crippen LogP contribution < -0.4 is 21.7 Å². The Morgan fingerprint density at radius 2 is 2.07 bits per heavy atom. The number of nitrogens with two attached hydrogens (primary N) is 1. The van der Waals surface area contributed by atoms with E-state index in [1.165, 1.54) is 19.3 Å². The topological polar surface area (TPSA) is 74.3 Å². The van der Waals surface area contributed by atoms with Crippen LogP contribution in [-0.4, -0.2) is 17.1 Å². The number of nitrogens with zero attached hydrogens (tertiary/aromatic N) is 1. The molecule has 0 saturated heterocycles. The van der Waals surface area contributed by atoms with E-state index in [2.05, 4.69) is 6.58 Å². The Kier molecular flexibility index (Phi) is 11.4. The highest BCUT2D eigenvalue weighted by molar-refractivity contribution is 5.89. The molecule has 27 heavy (non-hydrogen) atoms. The van der Waals surface area contributed by atoms with Crippen molar-refractivity contribution in [2.24, 2.45) is 11.7 Å². The fourth-order valence-corrected chi connectivity index (χ4v) is 2.58. The molecular formula is C21H31FN2O3. The predicted octanol–water partition coefficient (Wildman–Crippen LogP) is 2.61. The second-order valence-corrected chi connectivity index (χ2v) is 5.49. The molecule has 0 aliphatic heterocycles. The van der Waals surface area contributed by atoms with Gasteiger partial charge in [-0.2, -0.15) is 0 Å². The standard InChI is InChI=1S/C19H25FN2O3.C2H6/c1-5-14(9-8-10-21)11-22-12-15(19(24)25-7-3)18(23)17(13(4)20)16(22)6-2;1-2/h5-6,8,10,12,14H,1,7,9,11,21H2,2-4H3;1-2H3/b10-8+,16-6+,17-13-;. The zero-order valence-corrected chi connectivity index (χ0v) is 16.9. The third kappa shape index (κ3) is 6.55. The number of esters is 1. The number of carbonyl (C=O) groups excluding carboxylic acids is 1. The van der Waals surface area contributed by atoms with E-state index in [0.717, 1.165) is 0 Å². The largest absolute Gasteiger partial charge is 0.462 e. The molecule has 1 rings (SSSR count). The molecule has 150 valence electrons. The quantitative estimate of drug-likeness (QED) is 0.585. The van der Waals surface area contributed by atoms with Gasteiger partial charge in [-0.25, -0.2) is 9.18 Å². The number of ether oxygens (including phenoxy) is 1. The molecule has 1 atom stereocenters. The Bertz CT molecular complexity index is 834. The van der Waals surface area contributed by atoms with Crippen molar-refractivity contribution in [2.75, 3.05) is 6.61 Å². The average molecular weight is 378 g/mol. The molecule has 0 amide bonds. The molecule has 5 nitrogen and oxygen atoms in total. The predicted molar refractivity (Wildman–Crippen MR) is 109 cm³/mol. The van der Waals surface area contributed by atoms with E-state index in [0.29, 0.717) is 18.3 Å². The lowest BCUT2D eigenvalue weighted by Crippen LogP contribution is -2.49. The molecule has 0 bridgehead atoms. The Hall–Kier alpha value is -2.63. The lowest BCUT2D eigenvalue weighted by molar-refractivity contribution is 0.0523. The van der Waals surface area contributed by atoms with E-state index in [4.69, 9.17) is 10.5 Å². The first kappa shape index (κ1) is 24.4. The van der Waals surface area contributed by atoms with Crippen LogP contribution in [0.25, 0.3) is 11.9 Å². The van der Waals surface area contributed by atoms with Gasteiger partial charge in [0.1, 0.15) is 11.4 Å². The van der Waals surface area contributed by atoms with Gasteiger partial charge < -0.3 is 15.0 Å². The third-order valence-electron chi connectivity index (χ3n) is 3.77. The fraction of sp³-hybridized carbons (Fsp3) is 0.429. The average Bonchev–Trinajstić information content (AvgIpc) is 2.66. The summed E-state index contributed by atoms with van der Waals surface area (Å²) >= 11 is 0. The molecule has 1 unspecified atom stereocenters. The van der Waals surface area contributed by atoms with Crippen molar-refractivity contribution in [3.05, 3.63) is 57.5 Å². The first-order valence-corrected chi connectivity index (χ1v) is 9.13. The smallest absolute Gasteiger partial charge is 0.343 e. The molecule has 0 fully saturated rings. The molecule has 0 aliphatic carbocycles. The molecule has 2 N–H and O–H groups in total. The van der Waals surface area contributed by atoms with E-state index in [9.17, 15) is 14.0 Å². The normalized spacial score (nSPS) is 13.6. The van der Waals surface area contributed by atoms with Gasteiger partial charge in [0.25, 0.3) is 0 Å². The van der Waals surface area contributed by atoms with Crippen molar-refractivity contribution in [2.45, 2.75) is 47.6 Å². The van der Waals surface area contributed by atoms with Crippen LogP contribution in [0, 0.1) is 5.92 Å². The highest BCUT2D eigenvalue weighted by Gasteiger charge is 2.17. The number of hydrogen-bond donors (Lipinski definition) is 1. The summed E-state index contributed by atoms with van der Waals surface area (Å²) in [6.07, 6.45) is 8.71. The molecule has 1 aromatic rings. The molecule has 0 saturated carbocycles. The van der Waals surface area contributed by atoms with Crippen molar-refractivity contribution in [3.8, 4) is 0 Å². The maximum Gasteiger partial charge on any atom is 0.343 e. The number of hydrogen-bond acceptors (Lipinski definition) is 4. The summed E-state index contributed by atoms with van der Waals surface area (Å²) in [7, 11) is 0. The van der Waals surface area contributed by atoms with Crippen molar-refractivity contribution >= 4 is 17.9 Å². The molecular weight excluding hydrogens is 347 g/mol. The molecule has 6 heteroatoms. The second-order valence-electron chi connectivity index (χ2n) is 5.49. The van der Waals surface area contributed by atoms with Crippen molar-refractivity contribution in [3.63, 3.8) is 0 Å². The second kappa shape index (κ2) is 12.7. The van der Waals surface area contributed by atoms with Crippen LogP contribution in [0.1, 0.15) is 51.4 Å². The first-order chi connectivity index (χ1) is 12.9. The highest BCUT2D eigenvalue weighted by atomic mass is 19.1. The molecule has 0 aromatic carbocycles. The van der Waals surface area contributed by atoms with Gasteiger partial charge in [-0.05, 0) is 39.3 Å². The van der Waals surface area contributed by atoms with Gasteiger partial charge in [0, 0.05) is 12.7 Å². The molecule has 0 radical (unpaired) electrons. The maximum absolute atomic E-state index is 14.1. The highest BCUT2D eigenvalue weighted by Crippen LogP contribution is 2.08. The third-order valence-corrected chi connectivity index (χ3v) is 3.77. The van der Waals surface area contributed by atoms with Gasteiger partial charge in [-0.3, -0.25) is 4.79 Å². The number of halogens is 1. The maximum atomic E-state index is 14.1. The summed E-state index contributed by atoms with van der Waals surface area (Å²) < 4.78 is 20.7. The summed E-state index contributed by atoms with van der Waals surface area (Å²) in [4.78, 5) is 24.6. The van der Waals surface area contributed by atoms with E-state index in [1.54, 1.807) is 36.6 Å². The summed E-state index contributed by atoms with van der Waals surface area (Å²) in [5, 5.41) is 0.298. The zero-order chi connectivity index (χ0) is 21.0. The van der Waals surface area contributed by atoms with Crippen LogP contribution >= 0.6 is 0 Å². The van der Waals surface area contributed by atoms with Crippen LogP contribution in [0.3, 0.4) is 0 Å². The summed E-state index contributed by atoms with van der Waals surface area (Å²) in [5.41, 5.74) is 4.53. The summed E-state index contributed by atoms with van der Waals surface area (Å²) in [5.74, 6) is -1.40. The van der Waals surface area contributed by atoms with Crippen LogP contribution in [-0.2, 0) is 11.3 Å². The molecule has 1 aromatic heterocycles. The number of pyridine rings is 1. The van der Waals surface area contributed by atoms with Crippen molar-refractivity contribution in [1.82, 2.24) is 4.57 Å². The number of rotatable bonds is 7.